The highest BCUT2D eigenvalue weighted by atomic mass is 16.2. The zero-order valence-corrected chi connectivity index (χ0v) is 41.1. The van der Waals surface area contributed by atoms with Gasteiger partial charge in [-0.25, -0.2) is 0 Å². The fourth-order valence-electron chi connectivity index (χ4n) is 11.9. The average molecular weight is 919 g/mol. The van der Waals surface area contributed by atoms with Crippen LogP contribution in [-0.2, 0) is 45.1 Å². The molecule has 4 aliphatic rings. The van der Waals surface area contributed by atoms with Crippen LogP contribution in [0.3, 0.4) is 0 Å². The molecule has 0 bridgehead atoms. The van der Waals surface area contributed by atoms with Crippen molar-refractivity contribution in [3.05, 3.63) is 77.8 Å². The molecule has 12 heteroatoms. The van der Waals surface area contributed by atoms with E-state index in [0.29, 0.717) is 0 Å². The topological polar surface area (TPSA) is 161 Å². The molecule has 2 saturated carbocycles. The van der Waals surface area contributed by atoms with Gasteiger partial charge in [0.05, 0.1) is 12.1 Å². The van der Waals surface area contributed by atoms with Gasteiger partial charge in [0, 0.05) is 67.3 Å². The van der Waals surface area contributed by atoms with Crippen molar-refractivity contribution in [3.63, 3.8) is 0 Å². The zero-order valence-electron chi connectivity index (χ0n) is 41.1. The summed E-state index contributed by atoms with van der Waals surface area (Å²) in [7, 11) is 0. The number of fused-ring (bicyclic) bond motifs is 1. The van der Waals surface area contributed by atoms with E-state index in [1.54, 1.807) is 13.8 Å². The van der Waals surface area contributed by atoms with E-state index in [9.17, 15) is 19.2 Å². The number of nitrogens with one attached hydrogen (secondary N) is 2. The van der Waals surface area contributed by atoms with Crippen LogP contribution in [0.4, 0.5) is 0 Å². The summed E-state index contributed by atoms with van der Waals surface area (Å²) in [6.45, 7) is 12.8. The number of para-hydroxylation sites is 1. The van der Waals surface area contributed by atoms with Crippen molar-refractivity contribution >= 4 is 40.6 Å². The van der Waals surface area contributed by atoms with E-state index in [4.69, 9.17) is 11.5 Å². The monoisotopic (exact) mass is 919 g/mol. The maximum atomic E-state index is 14.3. The molecule has 2 aliphatic carbocycles. The number of carbonyl (C=O) groups excluding carboxylic acids is 4. The SMILES string of the molecule is C=C/C=C\c1c(C[C@H]2CCCN2C(=O)[C@@H](NC(=O)[C@H](C)N)C2CCCCC2)cn(CCCCCCn2cc(C[C@H]3CCCN3C(=O)[C@@H](NC(=O)[C@H](C)N)C3CCCCC3)c3ccccc32)c1C. The maximum absolute atomic E-state index is 14.3. The second kappa shape index (κ2) is 24.0. The number of rotatable bonds is 21. The van der Waals surface area contributed by atoms with Crippen LogP contribution in [0.5, 0.6) is 0 Å². The molecule has 6 N–H and O–H groups in total. The summed E-state index contributed by atoms with van der Waals surface area (Å²) in [4.78, 5) is 58.5. The molecule has 4 amide bonds. The zero-order chi connectivity index (χ0) is 47.5. The first kappa shape index (κ1) is 50.2. The minimum absolute atomic E-state index is 0.0587. The summed E-state index contributed by atoms with van der Waals surface area (Å²) in [6.07, 6.45) is 31.1. The molecular formula is C55H82N8O4. The smallest absolute Gasteiger partial charge is 0.245 e. The number of nitrogens with zero attached hydrogens (tertiary/aromatic N) is 4. The standard InChI is InChI=1S/C55H82N8O4/c1-5-6-27-47-40(4)60(36-43(47)34-45-25-19-32-62(45)54(66)50(58-52(64)38(2)56)41-21-11-9-12-22-41)30-17-7-8-18-31-61-37-44(48-28-15-16-29-49(48)61)35-46-26-20-33-63(46)55(67)51(59-53(65)39(3)57)42-23-13-10-14-24-42/h5-6,15-16,27-29,36-39,41-42,45-46,50-51H,1,7-14,17-26,30-35,56-57H2,2-4H3,(H,58,64)(H,59,65)/b27-6-/t38-,39-,45+,46+,50-,51-/m0/s1. The van der Waals surface area contributed by atoms with Gasteiger partial charge >= 0.3 is 0 Å². The predicted molar refractivity (Wildman–Crippen MR) is 270 cm³/mol. The predicted octanol–water partition coefficient (Wildman–Crippen LogP) is 8.10. The number of nitrogens with two attached hydrogens (primary N) is 2. The lowest BCUT2D eigenvalue weighted by atomic mass is 9.83. The van der Waals surface area contributed by atoms with Crippen molar-refractivity contribution in [2.75, 3.05) is 13.1 Å². The second-order valence-electron chi connectivity index (χ2n) is 20.6. The highest BCUT2D eigenvalue weighted by molar-refractivity contribution is 5.91. The van der Waals surface area contributed by atoms with Crippen LogP contribution in [0, 0.1) is 18.8 Å². The Bertz CT molecular complexity index is 2170. The minimum Gasteiger partial charge on any atom is -0.351 e. The number of amides is 4. The highest BCUT2D eigenvalue weighted by Gasteiger charge is 2.40. The van der Waals surface area contributed by atoms with Crippen molar-refractivity contribution in [3.8, 4) is 0 Å². The van der Waals surface area contributed by atoms with Crippen LogP contribution in [0.25, 0.3) is 17.0 Å². The van der Waals surface area contributed by atoms with E-state index in [1.165, 1.54) is 46.1 Å². The molecule has 366 valence electrons. The molecule has 2 aromatic heterocycles. The number of hydrogen-bond acceptors (Lipinski definition) is 6. The van der Waals surface area contributed by atoms with Gasteiger partial charge in [0.25, 0.3) is 0 Å². The third-order valence-electron chi connectivity index (χ3n) is 15.7. The van der Waals surface area contributed by atoms with E-state index in [2.05, 4.69) is 85.8 Å². The van der Waals surface area contributed by atoms with Crippen molar-refractivity contribution in [1.29, 1.82) is 0 Å². The molecule has 2 aliphatic heterocycles. The molecule has 3 aromatic rings. The molecule has 2 saturated heterocycles. The molecule has 6 atom stereocenters. The largest absolute Gasteiger partial charge is 0.351 e. The number of benzene rings is 1. The summed E-state index contributed by atoms with van der Waals surface area (Å²) >= 11 is 0. The Labute approximate surface area is 400 Å². The van der Waals surface area contributed by atoms with Gasteiger partial charge in [-0.2, -0.15) is 0 Å². The van der Waals surface area contributed by atoms with Crippen LogP contribution < -0.4 is 22.1 Å². The fraction of sp³-hybridized carbons (Fsp3) is 0.636. The summed E-state index contributed by atoms with van der Waals surface area (Å²) in [5.74, 6) is -0.0535. The third-order valence-corrected chi connectivity index (χ3v) is 15.7. The number of hydrogen-bond donors (Lipinski definition) is 4. The number of likely N-dealkylation sites (tertiary alicyclic amines) is 2. The summed E-state index contributed by atoms with van der Waals surface area (Å²) < 4.78 is 4.82. The third kappa shape index (κ3) is 12.5. The van der Waals surface area contributed by atoms with Gasteiger partial charge in [-0.1, -0.05) is 94.4 Å². The molecule has 1 aromatic carbocycles. The van der Waals surface area contributed by atoms with Crippen molar-refractivity contribution < 1.29 is 19.2 Å². The molecule has 0 radical (unpaired) electrons. The summed E-state index contributed by atoms with van der Waals surface area (Å²) in [5, 5.41) is 7.43. The molecule has 4 heterocycles. The van der Waals surface area contributed by atoms with Gasteiger partial charge in [-0.15, -0.1) is 0 Å². The first-order chi connectivity index (χ1) is 32.4. The molecule has 0 spiro atoms. The number of carbonyl (C=O) groups is 4. The second-order valence-corrected chi connectivity index (χ2v) is 20.6. The van der Waals surface area contributed by atoms with Crippen LogP contribution in [0.15, 0.2) is 55.4 Å². The van der Waals surface area contributed by atoms with Crippen LogP contribution in [0.1, 0.15) is 152 Å². The lowest BCUT2D eigenvalue weighted by Crippen LogP contribution is -2.56. The van der Waals surface area contributed by atoms with Crippen LogP contribution in [-0.4, -0.2) is 91.9 Å². The summed E-state index contributed by atoms with van der Waals surface area (Å²) in [5.41, 5.74) is 18.2. The Kier molecular flexibility index (Phi) is 18.0. The normalized spacial score (nSPS) is 21.4. The lowest BCUT2D eigenvalue weighted by Gasteiger charge is -2.35. The molecule has 4 fully saturated rings. The Balaban J connectivity index is 0.950. The number of unbranched alkanes of at least 4 members (excludes halogenated alkanes) is 3. The lowest BCUT2D eigenvalue weighted by molar-refractivity contribution is -0.139. The van der Waals surface area contributed by atoms with Gasteiger partial charge in [0.15, 0.2) is 0 Å². The molecular weight excluding hydrogens is 837 g/mol. The van der Waals surface area contributed by atoms with E-state index in [1.807, 2.05) is 12.2 Å². The summed E-state index contributed by atoms with van der Waals surface area (Å²) in [6, 6.07) is 6.54. The Morgan fingerprint density at radius 2 is 1.16 bits per heavy atom. The molecule has 12 nitrogen and oxygen atoms in total. The van der Waals surface area contributed by atoms with E-state index in [-0.39, 0.29) is 47.5 Å². The van der Waals surface area contributed by atoms with Gasteiger partial charge < -0.3 is 41.0 Å². The quantitative estimate of drug-likeness (QED) is 0.0624. The Morgan fingerprint density at radius 1 is 0.672 bits per heavy atom. The first-order valence-electron chi connectivity index (χ1n) is 26.2. The van der Waals surface area contributed by atoms with Gasteiger partial charge in [-0.3, -0.25) is 19.2 Å². The van der Waals surface area contributed by atoms with Crippen molar-refractivity contribution in [2.45, 2.75) is 199 Å². The van der Waals surface area contributed by atoms with Gasteiger partial charge in [0.2, 0.25) is 23.6 Å². The minimum atomic E-state index is -0.655. The number of allylic oxidation sites excluding steroid dienone is 2. The number of aryl methyl sites for hydroxylation is 2. The molecule has 7 rings (SSSR count). The van der Waals surface area contributed by atoms with Crippen LogP contribution >= 0.6 is 0 Å². The van der Waals surface area contributed by atoms with Crippen LogP contribution in [0.2, 0.25) is 0 Å². The van der Waals surface area contributed by atoms with Gasteiger partial charge in [0.1, 0.15) is 12.1 Å². The Hall–Kier alpha value is -4.68. The molecule has 0 unspecified atom stereocenters. The average Bonchev–Trinajstić information content (AvgIpc) is 4.14. The van der Waals surface area contributed by atoms with E-state index < -0.39 is 24.2 Å². The van der Waals surface area contributed by atoms with E-state index >= 15 is 0 Å². The maximum Gasteiger partial charge on any atom is 0.245 e. The molecule has 67 heavy (non-hydrogen) atoms. The van der Waals surface area contributed by atoms with Crippen molar-refractivity contribution in [1.82, 2.24) is 29.6 Å². The fourth-order valence-corrected chi connectivity index (χ4v) is 11.9. The van der Waals surface area contributed by atoms with E-state index in [0.717, 1.165) is 142 Å². The Morgan fingerprint density at radius 3 is 1.69 bits per heavy atom. The first-order valence-corrected chi connectivity index (χ1v) is 26.2. The highest BCUT2D eigenvalue weighted by Crippen LogP contribution is 2.34. The number of aromatic nitrogens is 2. The van der Waals surface area contributed by atoms with Gasteiger partial charge in [-0.05, 0) is 132 Å². The van der Waals surface area contributed by atoms with Crippen molar-refractivity contribution in [2.24, 2.45) is 23.3 Å².